The van der Waals surface area contributed by atoms with Crippen LogP contribution in [0.5, 0.6) is 0 Å². The van der Waals surface area contributed by atoms with Gasteiger partial charge in [-0.2, -0.15) is 0 Å². The Morgan fingerprint density at radius 1 is 1.14 bits per heavy atom. The molecule has 0 fully saturated rings. The van der Waals surface area contributed by atoms with Gasteiger partial charge in [0, 0.05) is 6.07 Å². The Labute approximate surface area is 83.9 Å². The second-order valence-electron chi connectivity index (χ2n) is 3.37. The van der Waals surface area contributed by atoms with Crippen molar-refractivity contribution in [3.63, 3.8) is 0 Å². The fourth-order valence-electron chi connectivity index (χ4n) is 1.53. The van der Waals surface area contributed by atoms with Crippen LogP contribution in [-0.2, 0) is 7.05 Å². The van der Waals surface area contributed by atoms with Gasteiger partial charge in [0.25, 0.3) is 0 Å². The van der Waals surface area contributed by atoms with Gasteiger partial charge in [-0.25, -0.2) is 4.57 Å². The summed E-state index contributed by atoms with van der Waals surface area (Å²) in [5.74, 6) is 1.01. The minimum absolute atomic E-state index is 1.01. The highest BCUT2D eigenvalue weighted by atomic mass is 15.0. The quantitative estimate of drug-likeness (QED) is 0.620. The maximum absolute atomic E-state index is 4.37. The maximum Gasteiger partial charge on any atom is 0.330 e. The lowest BCUT2D eigenvalue weighted by molar-refractivity contribution is -0.663. The molecular formula is C12H13N2+. The van der Waals surface area contributed by atoms with Crippen molar-refractivity contribution in [2.75, 3.05) is 0 Å². The van der Waals surface area contributed by atoms with E-state index in [1.165, 1.54) is 11.1 Å². The van der Waals surface area contributed by atoms with Crippen molar-refractivity contribution in [2.45, 2.75) is 6.92 Å². The highest BCUT2D eigenvalue weighted by Gasteiger charge is 2.12. The molecule has 0 bridgehead atoms. The summed E-state index contributed by atoms with van der Waals surface area (Å²) in [5.41, 5.74) is 2.44. The van der Waals surface area contributed by atoms with Crippen LogP contribution in [0.1, 0.15) is 5.56 Å². The summed E-state index contributed by atoms with van der Waals surface area (Å²) in [7, 11) is 2.01. The lowest BCUT2D eigenvalue weighted by atomic mass is 10.1. The standard InChI is InChI=1S/C12H13N2/c1-10-6-3-4-7-11(10)12-13-8-5-9-14(12)2/h3-9H,1-2H3/q+1. The Morgan fingerprint density at radius 3 is 2.64 bits per heavy atom. The zero-order valence-electron chi connectivity index (χ0n) is 8.44. The van der Waals surface area contributed by atoms with Crippen molar-refractivity contribution in [1.29, 1.82) is 0 Å². The average Bonchev–Trinajstić information content (AvgIpc) is 2.20. The Balaban J connectivity index is 2.61. The van der Waals surface area contributed by atoms with Gasteiger partial charge in [0.2, 0.25) is 0 Å². The number of benzene rings is 1. The first-order chi connectivity index (χ1) is 6.79. The minimum atomic E-state index is 1.01. The van der Waals surface area contributed by atoms with Crippen molar-refractivity contribution in [2.24, 2.45) is 7.05 Å². The number of hydrogen-bond donors (Lipinski definition) is 0. The number of aromatic nitrogens is 2. The minimum Gasteiger partial charge on any atom is -0.233 e. The van der Waals surface area contributed by atoms with E-state index in [4.69, 9.17) is 0 Å². The fraction of sp³-hybridized carbons (Fsp3) is 0.167. The van der Waals surface area contributed by atoms with Crippen LogP contribution in [-0.4, -0.2) is 4.98 Å². The van der Waals surface area contributed by atoms with E-state index in [-0.39, 0.29) is 0 Å². The molecule has 0 aliphatic heterocycles. The van der Waals surface area contributed by atoms with Gasteiger partial charge in [0.1, 0.15) is 6.20 Å². The number of aryl methyl sites for hydroxylation is 2. The van der Waals surface area contributed by atoms with Crippen LogP contribution in [0.4, 0.5) is 0 Å². The van der Waals surface area contributed by atoms with E-state index in [1.54, 1.807) is 0 Å². The second kappa shape index (κ2) is 3.58. The van der Waals surface area contributed by atoms with Crippen LogP contribution in [0.25, 0.3) is 11.4 Å². The third kappa shape index (κ3) is 1.51. The van der Waals surface area contributed by atoms with Crippen LogP contribution >= 0.6 is 0 Å². The van der Waals surface area contributed by atoms with Gasteiger partial charge in [0.05, 0.1) is 18.8 Å². The molecule has 2 rings (SSSR count). The van der Waals surface area contributed by atoms with Crippen molar-refractivity contribution in [3.8, 4) is 11.4 Å². The van der Waals surface area contributed by atoms with E-state index in [1.807, 2.05) is 42.2 Å². The summed E-state index contributed by atoms with van der Waals surface area (Å²) in [6.07, 6.45) is 3.83. The summed E-state index contributed by atoms with van der Waals surface area (Å²) >= 11 is 0. The van der Waals surface area contributed by atoms with Crippen LogP contribution in [0.3, 0.4) is 0 Å². The van der Waals surface area contributed by atoms with Gasteiger partial charge in [0.15, 0.2) is 0 Å². The Kier molecular flexibility index (Phi) is 2.27. The second-order valence-corrected chi connectivity index (χ2v) is 3.37. The monoisotopic (exact) mass is 185 g/mol. The zero-order valence-corrected chi connectivity index (χ0v) is 8.44. The molecule has 0 aliphatic rings. The summed E-state index contributed by atoms with van der Waals surface area (Å²) in [6, 6.07) is 10.2. The Hall–Kier alpha value is -1.70. The fourth-order valence-corrected chi connectivity index (χ4v) is 1.53. The summed E-state index contributed by atoms with van der Waals surface area (Å²) < 4.78 is 2.03. The smallest absolute Gasteiger partial charge is 0.233 e. The normalized spacial score (nSPS) is 10.1. The lowest BCUT2D eigenvalue weighted by Crippen LogP contribution is -2.31. The first-order valence-corrected chi connectivity index (χ1v) is 4.65. The van der Waals surface area contributed by atoms with Crippen LogP contribution < -0.4 is 4.57 Å². The van der Waals surface area contributed by atoms with Gasteiger partial charge >= 0.3 is 5.82 Å². The topological polar surface area (TPSA) is 16.8 Å². The number of hydrogen-bond acceptors (Lipinski definition) is 1. The molecule has 2 nitrogen and oxygen atoms in total. The zero-order chi connectivity index (χ0) is 9.97. The van der Waals surface area contributed by atoms with Crippen LogP contribution in [0.15, 0.2) is 42.7 Å². The largest absolute Gasteiger partial charge is 0.330 e. The molecule has 0 aliphatic carbocycles. The molecule has 0 radical (unpaired) electrons. The molecule has 0 spiro atoms. The van der Waals surface area contributed by atoms with Crippen molar-refractivity contribution < 1.29 is 4.57 Å². The van der Waals surface area contributed by atoms with Gasteiger partial charge in [-0.05, 0) is 23.5 Å². The highest BCUT2D eigenvalue weighted by molar-refractivity contribution is 5.56. The molecular weight excluding hydrogens is 172 g/mol. The molecule has 1 aromatic carbocycles. The highest BCUT2D eigenvalue weighted by Crippen LogP contribution is 2.16. The van der Waals surface area contributed by atoms with E-state index in [9.17, 15) is 0 Å². The van der Waals surface area contributed by atoms with Crippen molar-refractivity contribution in [3.05, 3.63) is 48.3 Å². The maximum atomic E-state index is 4.37. The molecule has 0 atom stereocenters. The third-order valence-electron chi connectivity index (χ3n) is 2.31. The lowest BCUT2D eigenvalue weighted by Gasteiger charge is -2.00. The van der Waals surface area contributed by atoms with E-state index >= 15 is 0 Å². The SMILES string of the molecule is Cc1ccccc1-c1nccc[n+]1C. The molecule has 2 heteroatoms. The first kappa shape index (κ1) is 8.88. The molecule has 2 aromatic rings. The van der Waals surface area contributed by atoms with Gasteiger partial charge in [-0.3, -0.25) is 0 Å². The predicted octanol–water partition coefficient (Wildman–Crippen LogP) is 1.88. The third-order valence-corrected chi connectivity index (χ3v) is 2.31. The molecule has 0 saturated carbocycles. The molecule has 14 heavy (non-hydrogen) atoms. The van der Waals surface area contributed by atoms with Crippen LogP contribution in [0, 0.1) is 6.92 Å². The Morgan fingerprint density at radius 2 is 1.93 bits per heavy atom. The summed E-state index contributed by atoms with van der Waals surface area (Å²) in [4.78, 5) is 4.37. The van der Waals surface area contributed by atoms with E-state index in [0.29, 0.717) is 0 Å². The van der Waals surface area contributed by atoms with Crippen LogP contribution in [0.2, 0.25) is 0 Å². The van der Waals surface area contributed by atoms with E-state index < -0.39 is 0 Å². The first-order valence-electron chi connectivity index (χ1n) is 4.65. The molecule has 0 amide bonds. The van der Waals surface area contributed by atoms with Gasteiger partial charge in [-0.1, -0.05) is 18.2 Å². The molecule has 1 aromatic heterocycles. The van der Waals surface area contributed by atoms with Gasteiger partial charge in [-0.15, -0.1) is 0 Å². The number of rotatable bonds is 1. The summed E-state index contributed by atoms with van der Waals surface area (Å²) in [5, 5.41) is 0. The summed E-state index contributed by atoms with van der Waals surface area (Å²) in [6.45, 7) is 2.10. The van der Waals surface area contributed by atoms with Crippen molar-refractivity contribution >= 4 is 0 Å². The molecule has 1 heterocycles. The Bertz CT molecular complexity index is 406. The molecule has 0 N–H and O–H groups in total. The molecule has 70 valence electrons. The molecule has 0 saturated heterocycles. The number of nitrogens with zero attached hydrogens (tertiary/aromatic N) is 2. The van der Waals surface area contributed by atoms with E-state index in [2.05, 4.69) is 24.0 Å². The molecule has 0 unspecified atom stereocenters. The average molecular weight is 185 g/mol. The van der Waals surface area contributed by atoms with Gasteiger partial charge < -0.3 is 0 Å². The van der Waals surface area contributed by atoms with E-state index in [0.717, 1.165) is 5.82 Å². The predicted molar refractivity (Wildman–Crippen MR) is 55.6 cm³/mol. The van der Waals surface area contributed by atoms with Crippen molar-refractivity contribution in [1.82, 2.24) is 4.98 Å².